The van der Waals surface area contributed by atoms with Crippen molar-refractivity contribution in [2.75, 3.05) is 7.11 Å². The third-order valence-corrected chi connectivity index (χ3v) is 3.39. The standard InChI is InChI=1S/C17H19NO2S/c1-11-6-12(2)8-15(7-11)20-10-14-9-13(17(18)21)4-5-16(14)19-3/h4-9H,10H2,1-3H3,(H2,18,21). The van der Waals surface area contributed by atoms with E-state index in [-0.39, 0.29) is 0 Å². The molecule has 0 atom stereocenters. The minimum Gasteiger partial charge on any atom is -0.496 e. The summed E-state index contributed by atoms with van der Waals surface area (Å²) in [7, 11) is 1.64. The summed E-state index contributed by atoms with van der Waals surface area (Å²) in [5, 5.41) is 0. The highest BCUT2D eigenvalue weighted by molar-refractivity contribution is 7.80. The predicted molar refractivity (Wildman–Crippen MR) is 89.1 cm³/mol. The molecular formula is C17H19NO2S. The van der Waals surface area contributed by atoms with Crippen LogP contribution in [-0.2, 0) is 6.61 Å². The van der Waals surface area contributed by atoms with Gasteiger partial charge in [-0.05, 0) is 55.3 Å². The Kier molecular flexibility index (Phi) is 4.81. The van der Waals surface area contributed by atoms with Crippen molar-refractivity contribution in [1.29, 1.82) is 0 Å². The van der Waals surface area contributed by atoms with Crippen LogP contribution in [-0.4, -0.2) is 12.1 Å². The van der Waals surface area contributed by atoms with Gasteiger partial charge >= 0.3 is 0 Å². The molecule has 0 aliphatic rings. The second-order valence-corrected chi connectivity index (χ2v) is 5.44. The molecule has 2 aromatic rings. The largest absolute Gasteiger partial charge is 0.496 e. The fraction of sp³-hybridized carbons (Fsp3) is 0.235. The summed E-state index contributed by atoms with van der Waals surface area (Å²) in [6.45, 7) is 4.50. The average Bonchev–Trinajstić information content (AvgIpc) is 2.43. The number of rotatable bonds is 5. The van der Waals surface area contributed by atoms with Crippen molar-refractivity contribution < 1.29 is 9.47 Å². The Hall–Kier alpha value is -2.07. The van der Waals surface area contributed by atoms with Gasteiger partial charge in [0.05, 0.1) is 7.11 Å². The molecular weight excluding hydrogens is 282 g/mol. The highest BCUT2D eigenvalue weighted by Gasteiger charge is 2.07. The topological polar surface area (TPSA) is 44.5 Å². The van der Waals surface area contributed by atoms with Crippen molar-refractivity contribution >= 4 is 17.2 Å². The maximum atomic E-state index is 5.87. The van der Waals surface area contributed by atoms with E-state index >= 15 is 0 Å². The molecule has 2 N–H and O–H groups in total. The van der Waals surface area contributed by atoms with Gasteiger partial charge in [0.25, 0.3) is 0 Å². The van der Waals surface area contributed by atoms with Crippen LogP contribution in [0.15, 0.2) is 36.4 Å². The summed E-state index contributed by atoms with van der Waals surface area (Å²) in [6, 6.07) is 11.7. The minimum atomic E-state index is 0.366. The SMILES string of the molecule is COc1ccc(C(N)=S)cc1COc1cc(C)cc(C)c1. The lowest BCUT2D eigenvalue weighted by Crippen LogP contribution is -2.10. The number of nitrogens with two attached hydrogens (primary N) is 1. The quantitative estimate of drug-likeness (QED) is 0.858. The van der Waals surface area contributed by atoms with Crippen molar-refractivity contribution in [3.05, 3.63) is 58.7 Å². The second-order valence-electron chi connectivity index (χ2n) is 5.00. The molecule has 3 nitrogen and oxygen atoms in total. The van der Waals surface area contributed by atoms with Crippen molar-refractivity contribution in [3.8, 4) is 11.5 Å². The number of benzene rings is 2. The molecule has 4 heteroatoms. The van der Waals surface area contributed by atoms with E-state index in [9.17, 15) is 0 Å². The summed E-state index contributed by atoms with van der Waals surface area (Å²) < 4.78 is 11.2. The molecule has 0 aliphatic heterocycles. The van der Waals surface area contributed by atoms with E-state index in [1.807, 2.05) is 44.2 Å². The van der Waals surface area contributed by atoms with Gasteiger partial charge in [-0.1, -0.05) is 18.3 Å². The molecule has 2 aromatic carbocycles. The van der Waals surface area contributed by atoms with Crippen LogP contribution in [0.25, 0.3) is 0 Å². The number of ether oxygens (including phenoxy) is 2. The zero-order valence-electron chi connectivity index (χ0n) is 12.5. The van der Waals surface area contributed by atoms with Crippen LogP contribution in [0.4, 0.5) is 0 Å². The highest BCUT2D eigenvalue weighted by Crippen LogP contribution is 2.23. The smallest absolute Gasteiger partial charge is 0.125 e. The molecule has 0 spiro atoms. The summed E-state index contributed by atoms with van der Waals surface area (Å²) in [5.41, 5.74) is 9.75. The van der Waals surface area contributed by atoms with Crippen LogP contribution < -0.4 is 15.2 Å². The summed E-state index contributed by atoms with van der Waals surface area (Å²) >= 11 is 5.01. The van der Waals surface area contributed by atoms with E-state index in [0.29, 0.717) is 11.6 Å². The third-order valence-electron chi connectivity index (χ3n) is 3.15. The molecule has 21 heavy (non-hydrogen) atoms. The lowest BCUT2D eigenvalue weighted by atomic mass is 10.1. The van der Waals surface area contributed by atoms with Gasteiger partial charge in [-0.25, -0.2) is 0 Å². The first-order chi connectivity index (χ1) is 9.99. The van der Waals surface area contributed by atoms with Crippen molar-refractivity contribution in [2.45, 2.75) is 20.5 Å². The summed E-state index contributed by atoms with van der Waals surface area (Å²) in [5.74, 6) is 1.61. The molecule has 0 aliphatic carbocycles. The Labute approximate surface area is 130 Å². The van der Waals surface area contributed by atoms with Gasteiger partial charge in [0.2, 0.25) is 0 Å². The van der Waals surface area contributed by atoms with E-state index in [0.717, 1.165) is 22.6 Å². The van der Waals surface area contributed by atoms with Crippen LogP contribution in [0.1, 0.15) is 22.3 Å². The first-order valence-electron chi connectivity index (χ1n) is 6.67. The minimum absolute atomic E-state index is 0.366. The lowest BCUT2D eigenvalue weighted by Gasteiger charge is -2.12. The molecule has 0 radical (unpaired) electrons. The van der Waals surface area contributed by atoms with Gasteiger partial charge in [-0.3, -0.25) is 0 Å². The van der Waals surface area contributed by atoms with E-state index in [4.69, 9.17) is 27.4 Å². The molecule has 0 unspecified atom stereocenters. The normalized spacial score (nSPS) is 10.2. The molecule has 110 valence electrons. The highest BCUT2D eigenvalue weighted by atomic mass is 32.1. The lowest BCUT2D eigenvalue weighted by molar-refractivity contribution is 0.296. The van der Waals surface area contributed by atoms with Gasteiger partial charge in [-0.2, -0.15) is 0 Å². The van der Waals surface area contributed by atoms with Crippen molar-refractivity contribution in [3.63, 3.8) is 0 Å². The van der Waals surface area contributed by atoms with Gasteiger partial charge in [0.1, 0.15) is 23.1 Å². The molecule has 0 saturated carbocycles. The number of aryl methyl sites for hydroxylation is 2. The summed E-state index contributed by atoms with van der Waals surface area (Å²) in [6.07, 6.45) is 0. The Morgan fingerprint density at radius 2 is 1.76 bits per heavy atom. The Morgan fingerprint density at radius 1 is 1.10 bits per heavy atom. The first kappa shape index (κ1) is 15.3. The van der Waals surface area contributed by atoms with Crippen LogP contribution in [0.2, 0.25) is 0 Å². The second kappa shape index (κ2) is 6.59. The molecule has 0 heterocycles. The Balaban J connectivity index is 2.21. The van der Waals surface area contributed by atoms with Crippen LogP contribution >= 0.6 is 12.2 Å². The average molecular weight is 301 g/mol. The number of thiocarbonyl (C=S) groups is 1. The van der Waals surface area contributed by atoms with Crippen molar-refractivity contribution in [2.24, 2.45) is 5.73 Å². The first-order valence-corrected chi connectivity index (χ1v) is 7.08. The van der Waals surface area contributed by atoms with E-state index in [2.05, 4.69) is 6.07 Å². The molecule has 0 amide bonds. The number of methoxy groups -OCH3 is 1. The number of hydrogen-bond donors (Lipinski definition) is 1. The predicted octanol–water partition coefficient (Wildman–Crippen LogP) is 3.53. The molecule has 0 bridgehead atoms. The van der Waals surface area contributed by atoms with Crippen LogP contribution in [0.5, 0.6) is 11.5 Å². The zero-order chi connectivity index (χ0) is 15.4. The van der Waals surface area contributed by atoms with Crippen LogP contribution in [0, 0.1) is 13.8 Å². The molecule has 0 fully saturated rings. The summed E-state index contributed by atoms with van der Waals surface area (Å²) in [4.78, 5) is 0.366. The van der Waals surface area contributed by atoms with Gasteiger partial charge in [0, 0.05) is 11.1 Å². The monoisotopic (exact) mass is 301 g/mol. The maximum Gasteiger partial charge on any atom is 0.125 e. The fourth-order valence-corrected chi connectivity index (χ4v) is 2.35. The molecule has 0 saturated heterocycles. The van der Waals surface area contributed by atoms with Gasteiger partial charge in [0.15, 0.2) is 0 Å². The fourth-order valence-electron chi connectivity index (χ4n) is 2.22. The molecule has 2 rings (SSSR count). The third kappa shape index (κ3) is 3.95. The zero-order valence-corrected chi connectivity index (χ0v) is 13.3. The van der Waals surface area contributed by atoms with Crippen molar-refractivity contribution in [1.82, 2.24) is 0 Å². The Morgan fingerprint density at radius 3 is 2.33 bits per heavy atom. The number of hydrogen-bond acceptors (Lipinski definition) is 3. The maximum absolute atomic E-state index is 5.87. The van der Waals surface area contributed by atoms with E-state index in [1.54, 1.807) is 7.11 Å². The van der Waals surface area contributed by atoms with Crippen LogP contribution in [0.3, 0.4) is 0 Å². The van der Waals surface area contributed by atoms with E-state index in [1.165, 1.54) is 11.1 Å². The molecule has 0 aromatic heterocycles. The van der Waals surface area contributed by atoms with Gasteiger partial charge in [-0.15, -0.1) is 0 Å². The van der Waals surface area contributed by atoms with E-state index < -0.39 is 0 Å². The van der Waals surface area contributed by atoms with Gasteiger partial charge < -0.3 is 15.2 Å². The Bertz CT molecular complexity index is 648.